The van der Waals surface area contributed by atoms with Gasteiger partial charge >= 0.3 is 0 Å². The molecule has 0 amide bonds. The van der Waals surface area contributed by atoms with Gasteiger partial charge in [0.25, 0.3) is 0 Å². The van der Waals surface area contributed by atoms with E-state index in [1.54, 1.807) is 12.1 Å². The van der Waals surface area contributed by atoms with Crippen LogP contribution in [0.2, 0.25) is 13.1 Å². The molecule has 0 aliphatic rings. The smallest absolute Gasteiger partial charge is 0.229 e. The minimum atomic E-state index is -1.10. The first-order chi connectivity index (χ1) is 5.59. The molecule has 0 fully saturated rings. The standard InChI is InChI=1S/C8H10FIOSi/c1-12(2)11-6-3-4-8(10)7(9)5-6/h3-5,12H,1-2H3. The summed E-state index contributed by atoms with van der Waals surface area (Å²) in [6, 6.07) is 4.97. The third-order valence-corrected chi connectivity index (χ3v) is 2.88. The fourth-order valence-corrected chi connectivity index (χ4v) is 1.85. The third kappa shape index (κ3) is 2.74. The van der Waals surface area contributed by atoms with Crippen LogP contribution in [0.5, 0.6) is 5.75 Å². The Morgan fingerprint density at radius 2 is 2.08 bits per heavy atom. The van der Waals surface area contributed by atoms with E-state index in [1.165, 1.54) is 6.07 Å². The van der Waals surface area contributed by atoms with Gasteiger partial charge in [-0.3, -0.25) is 0 Å². The van der Waals surface area contributed by atoms with Crippen molar-refractivity contribution in [3.8, 4) is 5.75 Å². The molecule has 0 saturated heterocycles. The molecule has 0 radical (unpaired) electrons. The van der Waals surface area contributed by atoms with Crippen LogP contribution < -0.4 is 4.43 Å². The van der Waals surface area contributed by atoms with Crippen molar-refractivity contribution >= 4 is 31.6 Å². The van der Waals surface area contributed by atoms with E-state index in [0.29, 0.717) is 9.32 Å². The van der Waals surface area contributed by atoms with E-state index in [1.807, 2.05) is 22.6 Å². The molecule has 12 heavy (non-hydrogen) atoms. The van der Waals surface area contributed by atoms with Crippen LogP contribution in [0.1, 0.15) is 0 Å². The average Bonchev–Trinajstić information content (AvgIpc) is 1.96. The summed E-state index contributed by atoms with van der Waals surface area (Å²) in [4.78, 5) is 0. The summed E-state index contributed by atoms with van der Waals surface area (Å²) in [6.07, 6.45) is 0. The maximum absolute atomic E-state index is 13.0. The average molecular weight is 296 g/mol. The number of rotatable bonds is 2. The van der Waals surface area contributed by atoms with Crippen molar-refractivity contribution in [2.75, 3.05) is 0 Å². The van der Waals surface area contributed by atoms with Gasteiger partial charge in [-0.2, -0.15) is 0 Å². The molecule has 0 unspecified atom stereocenters. The second-order valence-electron chi connectivity index (χ2n) is 2.74. The molecule has 1 rings (SSSR count). The van der Waals surface area contributed by atoms with Gasteiger partial charge in [-0.25, -0.2) is 4.39 Å². The molecule has 0 aliphatic heterocycles. The van der Waals surface area contributed by atoms with Gasteiger partial charge in [0.2, 0.25) is 9.04 Å². The zero-order valence-corrected chi connectivity index (χ0v) is 10.3. The molecule has 4 heteroatoms. The van der Waals surface area contributed by atoms with E-state index in [9.17, 15) is 4.39 Å². The molecule has 0 N–H and O–H groups in total. The Morgan fingerprint density at radius 3 is 2.58 bits per heavy atom. The van der Waals surface area contributed by atoms with Crippen LogP contribution in [0.25, 0.3) is 0 Å². The maximum Gasteiger partial charge on any atom is 0.229 e. The predicted octanol–water partition coefficient (Wildman–Crippen LogP) is 2.79. The van der Waals surface area contributed by atoms with Gasteiger partial charge in [-0.15, -0.1) is 0 Å². The number of hydrogen-bond acceptors (Lipinski definition) is 1. The van der Waals surface area contributed by atoms with Gasteiger partial charge in [-0.05, 0) is 47.8 Å². The zero-order valence-electron chi connectivity index (χ0n) is 6.97. The van der Waals surface area contributed by atoms with Crippen LogP contribution in [-0.4, -0.2) is 9.04 Å². The summed E-state index contributed by atoms with van der Waals surface area (Å²) in [5, 5.41) is 0. The number of benzene rings is 1. The second-order valence-corrected chi connectivity index (χ2v) is 6.24. The predicted molar refractivity (Wildman–Crippen MR) is 58.6 cm³/mol. The molecule has 0 aliphatic carbocycles. The molecule has 1 nitrogen and oxygen atoms in total. The fourth-order valence-electron chi connectivity index (χ4n) is 0.822. The van der Waals surface area contributed by atoms with Gasteiger partial charge in [-0.1, -0.05) is 0 Å². The van der Waals surface area contributed by atoms with Crippen LogP contribution in [0.4, 0.5) is 4.39 Å². The topological polar surface area (TPSA) is 9.23 Å². The van der Waals surface area contributed by atoms with Crippen molar-refractivity contribution < 1.29 is 8.82 Å². The van der Waals surface area contributed by atoms with Crippen LogP contribution in [-0.2, 0) is 0 Å². The van der Waals surface area contributed by atoms with E-state index in [2.05, 4.69) is 13.1 Å². The Hall–Kier alpha value is -0.103. The molecular formula is C8H10FIOSi. The lowest BCUT2D eigenvalue weighted by Gasteiger charge is -2.08. The highest BCUT2D eigenvalue weighted by Crippen LogP contribution is 2.18. The summed E-state index contributed by atoms with van der Waals surface area (Å²) in [5.41, 5.74) is 0. The molecule has 0 heterocycles. The molecule has 0 aromatic heterocycles. The van der Waals surface area contributed by atoms with Gasteiger partial charge in [0.1, 0.15) is 11.6 Å². The summed E-state index contributed by atoms with van der Waals surface area (Å²) < 4.78 is 19.0. The van der Waals surface area contributed by atoms with E-state index in [0.717, 1.165) is 0 Å². The normalized spacial score (nSPS) is 10.4. The lowest BCUT2D eigenvalue weighted by atomic mass is 10.3. The summed E-state index contributed by atoms with van der Waals surface area (Å²) >= 11 is 1.96. The van der Waals surface area contributed by atoms with Crippen molar-refractivity contribution in [3.63, 3.8) is 0 Å². The van der Waals surface area contributed by atoms with Gasteiger partial charge in [0.05, 0.1) is 0 Å². The summed E-state index contributed by atoms with van der Waals surface area (Å²) in [7, 11) is -1.10. The maximum atomic E-state index is 13.0. The molecule has 0 bridgehead atoms. The van der Waals surface area contributed by atoms with E-state index < -0.39 is 9.04 Å². The zero-order chi connectivity index (χ0) is 9.14. The molecule has 1 aromatic rings. The largest absolute Gasteiger partial charge is 0.547 e. The van der Waals surface area contributed by atoms with Crippen molar-refractivity contribution in [2.45, 2.75) is 13.1 Å². The van der Waals surface area contributed by atoms with Gasteiger partial charge < -0.3 is 4.43 Å². The van der Waals surface area contributed by atoms with Gasteiger partial charge in [0.15, 0.2) is 0 Å². The molecule has 1 aromatic carbocycles. The summed E-state index contributed by atoms with van der Waals surface area (Å²) in [6.45, 7) is 4.10. The highest BCUT2D eigenvalue weighted by Gasteiger charge is 2.02. The third-order valence-electron chi connectivity index (χ3n) is 1.26. The minimum absolute atomic E-state index is 0.206. The van der Waals surface area contributed by atoms with Crippen LogP contribution in [0.15, 0.2) is 18.2 Å². The first-order valence-electron chi connectivity index (χ1n) is 3.71. The SMILES string of the molecule is C[SiH](C)Oc1ccc(I)c(F)c1. The van der Waals surface area contributed by atoms with Crippen molar-refractivity contribution in [1.29, 1.82) is 0 Å². The Labute approximate surface area is 86.8 Å². The first kappa shape index (κ1) is 9.98. The molecular weight excluding hydrogens is 286 g/mol. The van der Waals surface area contributed by atoms with E-state index in [-0.39, 0.29) is 5.82 Å². The van der Waals surface area contributed by atoms with Gasteiger partial charge in [0, 0.05) is 9.64 Å². The number of hydrogen-bond donors (Lipinski definition) is 0. The van der Waals surface area contributed by atoms with Crippen molar-refractivity contribution in [1.82, 2.24) is 0 Å². The van der Waals surface area contributed by atoms with Crippen molar-refractivity contribution in [2.24, 2.45) is 0 Å². The Morgan fingerprint density at radius 1 is 1.42 bits per heavy atom. The lowest BCUT2D eigenvalue weighted by molar-refractivity contribution is 0.560. The van der Waals surface area contributed by atoms with E-state index in [4.69, 9.17) is 4.43 Å². The fraction of sp³-hybridized carbons (Fsp3) is 0.250. The van der Waals surface area contributed by atoms with Crippen LogP contribution >= 0.6 is 22.6 Å². The van der Waals surface area contributed by atoms with Crippen LogP contribution in [0.3, 0.4) is 0 Å². The van der Waals surface area contributed by atoms with Crippen LogP contribution in [0, 0.1) is 9.39 Å². The monoisotopic (exact) mass is 296 g/mol. The van der Waals surface area contributed by atoms with Crippen molar-refractivity contribution in [3.05, 3.63) is 27.6 Å². The molecule has 0 spiro atoms. The highest BCUT2D eigenvalue weighted by atomic mass is 127. The highest BCUT2D eigenvalue weighted by molar-refractivity contribution is 14.1. The Kier molecular flexibility index (Phi) is 3.51. The lowest BCUT2D eigenvalue weighted by Crippen LogP contribution is -2.11. The summed E-state index contributed by atoms with van der Waals surface area (Å²) in [5.74, 6) is 0.442. The second kappa shape index (κ2) is 4.22. The quantitative estimate of drug-likeness (QED) is 0.602. The minimum Gasteiger partial charge on any atom is -0.547 e. The van der Waals surface area contributed by atoms with E-state index >= 15 is 0 Å². The molecule has 66 valence electrons. The first-order valence-corrected chi connectivity index (χ1v) is 7.57. The Bertz CT molecular complexity index is 278. The molecule has 0 saturated carbocycles. The number of halogens is 2. The Balaban J connectivity index is 2.82. The molecule has 0 atom stereocenters.